The molecule has 0 spiro atoms. The second-order valence-electron chi connectivity index (χ2n) is 16.2. The molecule has 2 heterocycles. The minimum Gasteiger partial charge on any atom is -0.390 e. The molecule has 2 aliphatic heterocycles. The molecule has 10 N–H and O–H groups in total. The van der Waals surface area contributed by atoms with Gasteiger partial charge in [0.2, 0.25) is 23.6 Å². The highest BCUT2D eigenvalue weighted by molar-refractivity contribution is 5.79. The van der Waals surface area contributed by atoms with Crippen molar-refractivity contribution in [2.75, 3.05) is 119 Å². The molecule has 2 rings (SSSR count). The van der Waals surface area contributed by atoms with Crippen LogP contribution in [0.2, 0.25) is 0 Å². The number of aliphatic imine (C=N–C) groups is 2. The zero-order valence-electron chi connectivity index (χ0n) is 49.0. The van der Waals surface area contributed by atoms with Gasteiger partial charge in [-0.25, -0.2) is 0 Å². The van der Waals surface area contributed by atoms with Gasteiger partial charge in [-0.2, -0.15) is 0 Å². The van der Waals surface area contributed by atoms with Crippen LogP contribution in [0.5, 0.6) is 0 Å². The van der Waals surface area contributed by atoms with Gasteiger partial charge in [-0.15, -0.1) is 0 Å². The summed E-state index contributed by atoms with van der Waals surface area (Å²) in [5, 5.41) is 20.7. The van der Waals surface area contributed by atoms with Crippen LogP contribution < -0.4 is 42.5 Å². The van der Waals surface area contributed by atoms with Crippen molar-refractivity contribution in [1.82, 2.24) is 31.9 Å². The first-order valence-electron chi connectivity index (χ1n) is 27.5. The van der Waals surface area contributed by atoms with Crippen LogP contribution in [-0.4, -0.2) is 164 Å². The molecule has 0 aromatic rings. The minimum absolute atomic E-state index is 0. The lowest BCUT2D eigenvalue weighted by atomic mass is 10.1. The molecule has 0 saturated carbocycles. The van der Waals surface area contributed by atoms with Crippen LogP contribution in [0.4, 0.5) is 0 Å². The molecule has 2 fully saturated rings. The van der Waals surface area contributed by atoms with Crippen molar-refractivity contribution in [2.45, 2.75) is 189 Å². The van der Waals surface area contributed by atoms with Gasteiger partial charge >= 0.3 is 0 Å². The predicted molar refractivity (Wildman–Crippen MR) is 307 cm³/mol. The first-order chi connectivity index (χ1) is 33.1. The number of nitrogens with one attached hydrogen (secondary N) is 6. The second-order valence-corrected chi connectivity index (χ2v) is 16.2. The van der Waals surface area contributed by atoms with E-state index in [4.69, 9.17) is 0 Å². The van der Waals surface area contributed by atoms with Gasteiger partial charge in [0, 0.05) is 83.3 Å². The molecule has 0 atom stereocenters. The maximum atomic E-state index is 10.8. The van der Waals surface area contributed by atoms with Gasteiger partial charge in [0.05, 0.1) is 79.5 Å². The fourth-order valence-corrected chi connectivity index (χ4v) is 5.85. The zero-order chi connectivity index (χ0) is 54.3. The van der Waals surface area contributed by atoms with Gasteiger partial charge in [0.1, 0.15) is 6.67 Å². The Labute approximate surface area is 435 Å². The van der Waals surface area contributed by atoms with Crippen molar-refractivity contribution in [2.24, 2.45) is 9.98 Å². The molecule has 2 saturated heterocycles. The normalized spacial score (nSPS) is 13.2. The average Bonchev–Trinajstić information content (AvgIpc) is 3.88. The Morgan fingerprint density at radius 2 is 0.857 bits per heavy atom. The Balaban J connectivity index is -0.000000105. The molecule has 70 heavy (non-hydrogen) atoms. The molecule has 0 aliphatic carbocycles. The number of rotatable bonds is 22. The number of nitrogens with two attached hydrogens (primary N) is 2. The standard InChI is InChI=1S/C9H17N3O2.C9H20N.C8H18N.C6H14N2.C5H12N2O.C5H11NO.C5H11N.C3H9N.C3H8.CH4/c1-3-8(13)11-6-5-10-7-12-9(14)4-2;1-3-10(4-2)8-6-5-7-9-10;1-3-9(4-2)7-5-6-8-9;1-3-7-5-6-8-4-2;1-3-5(8)7-4-6-2;1-3-5(7)6-4-2;1-3-5-6-4-2;1-3-4-2;1-3-2;/h5H,3-4,6-7H2,1-2H3,(H,11,13)(H,12,14);3-9H2,1-2H3;3-8H2,1-2H3;5-8H,3-4H2,1-2H3;6H,3-4H2,1-2H3,(H,7,8);3-4H2,1-2H3,(H,6,7);5H,3-4H2,1-2H3;4H,3H2,1-2H3;3H2,1-2H3;1H4/q;2*+1;;;;;;;/p+2. The van der Waals surface area contributed by atoms with Gasteiger partial charge in [0.15, 0.2) is 6.67 Å². The van der Waals surface area contributed by atoms with E-state index in [0.29, 0.717) is 38.9 Å². The Morgan fingerprint density at radius 3 is 1.13 bits per heavy atom. The van der Waals surface area contributed by atoms with E-state index in [9.17, 15) is 19.2 Å². The molecule has 422 valence electrons. The minimum atomic E-state index is -0.0280. The van der Waals surface area contributed by atoms with E-state index in [1.807, 2.05) is 58.7 Å². The summed E-state index contributed by atoms with van der Waals surface area (Å²) in [6.07, 6.45) is 19.0. The Morgan fingerprint density at radius 1 is 0.486 bits per heavy atom. The van der Waals surface area contributed by atoms with Crippen molar-refractivity contribution in [1.29, 1.82) is 0 Å². The number of quaternary nitrogens is 4. The first kappa shape index (κ1) is 83.3. The quantitative estimate of drug-likeness (QED) is 0.0354. The third-order valence-electron chi connectivity index (χ3n) is 10.6. The molecule has 16 nitrogen and oxygen atoms in total. The molecule has 0 aromatic heterocycles. The summed E-state index contributed by atoms with van der Waals surface area (Å²) >= 11 is 0. The predicted octanol–water partition coefficient (Wildman–Crippen LogP) is 6.34. The van der Waals surface area contributed by atoms with E-state index >= 15 is 0 Å². The van der Waals surface area contributed by atoms with Crippen LogP contribution in [-0.2, 0) is 19.2 Å². The molecule has 0 bridgehead atoms. The number of nitrogens with zero attached hydrogens (tertiary/aromatic N) is 4. The second kappa shape index (κ2) is 71.9. The van der Waals surface area contributed by atoms with E-state index in [-0.39, 0.29) is 37.7 Å². The lowest BCUT2D eigenvalue weighted by Crippen LogP contribution is -2.83. The highest BCUT2D eigenvalue weighted by Gasteiger charge is 2.27. The van der Waals surface area contributed by atoms with Crippen molar-refractivity contribution in [3.63, 3.8) is 0 Å². The third kappa shape index (κ3) is 71.0. The first-order valence-corrected chi connectivity index (χ1v) is 27.5. The largest absolute Gasteiger partial charge is 0.390 e. The highest BCUT2D eigenvalue weighted by atomic mass is 16.2. The molecule has 4 amide bonds. The summed E-state index contributed by atoms with van der Waals surface area (Å²) in [5.74, 6) is 0.208. The summed E-state index contributed by atoms with van der Waals surface area (Å²) in [6.45, 7) is 50.4. The number of piperidine rings is 1. The lowest BCUT2D eigenvalue weighted by Gasteiger charge is -2.39. The summed E-state index contributed by atoms with van der Waals surface area (Å²) in [6, 6.07) is 0. The number of carbonyl (C=O) groups excluding carboxylic acids is 4. The van der Waals surface area contributed by atoms with Gasteiger partial charge in [-0.05, 0) is 94.2 Å². The fourth-order valence-electron chi connectivity index (χ4n) is 5.85. The molecular formula is C54H126N12O4+4. The van der Waals surface area contributed by atoms with Crippen LogP contribution >= 0.6 is 0 Å². The number of amides is 4. The molecule has 0 radical (unpaired) electrons. The van der Waals surface area contributed by atoms with Crippen LogP contribution in [0.1, 0.15) is 189 Å². The van der Waals surface area contributed by atoms with Crippen molar-refractivity contribution in [3.8, 4) is 0 Å². The van der Waals surface area contributed by atoms with Crippen molar-refractivity contribution in [3.05, 3.63) is 12.4 Å². The number of hydrogen-bond acceptors (Lipinski definition) is 8. The van der Waals surface area contributed by atoms with Gasteiger partial charge < -0.3 is 51.5 Å². The monoisotopic (exact) mass is 1010 g/mol. The zero-order valence-corrected chi connectivity index (χ0v) is 49.0. The molecule has 0 aromatic carbocycles. The van der Waals surface area contributed by atoms with E-state index in [2.05, 4.69) is 123 Å². The lowest BCUT2D eigenvalue weighted by molar-refractivity contribution is -0.929. The molecule has 2 aliphatic rings. The van der Waals surface area contributed by atoms with E-state index in [1.165, 1.54) is 106 Å². The maximum absolute atomic E-state index is 10.8. The number of carbonyl (C=O) groups is 4. The fraction of sp³-hybridized carbons (Fsp3) is 0.852. The highest BCUT2D eigenvalue weighted by Crippen LogP contribution is 2.18. The molecular weight excluding hydrogens is 881 g/mol. The third-order valence-corrected chi connectivity index (χ3v) is 10.6. The number of likely N-dealkylation sites (tertiary alicyclic amines) is 2. The van der Waals surface area contributed by atoms with Gasteiger partial charge in [0.25, 0.3) is 0 Å². The molecule has 16 heteroatoms. The summed E-state index contributed by atoms with van der Waals surface area (Å²) in [7, 11) is 3.97. The van der Waals surface area contributed by atoms with Crippen LogP contribution in [0.15, 0.2) is 22.4 Å². The van der Waals surface area contributed by atoms with Crippen LogP contribution in [0.25, 0.3) is 0 Å². The summed E-state index contributed by atoms with van der Waals surface area (Å²) < 4.78 is 2.78. The number of hydrogen-bond donors (Lipinski definition) is 8. The Bertz CT molecular complexity index is 1080. The SMILES string of the molecule is C.CCC.CCC(=O)NCC=NCNC(=O)CC.CCC(=O)NC[NH2+]C.CCC=NCC.CCNC(=O)CC.CCNC=CNCC.CC[N+]1(CC)CCCC1.CC[N+]1(CC)CCCCC1.CC[NH2+]C. The topological polar surface area (TPSA) is 198 Å². The average molecular weight is 1010 g/mol. The smallest absolute Gasteiger partial charge is 0.223 e. The Hall–Kier alpha value is -3.60. The van der Waals surface area contributed by atoms with Crippen molar-refractivity contribution >= 4 is 36.1 Å². The van der Waals surface area contributed by atoms with E-state index in [0.717, 1.165) is 32.6 Å². The summed E-state index contributed by atoms with van der Waals surface area (Å²) in [4.78, 5) is 50.1. The van der Waals surface area contributed by atoms with Gasteiger partial charge in [-0.1, -0.05) is 62.3 Å². The summed E-state index contributed by atoms with van der Waals surface area (Å²) in [5.41, 5.74) is 0. The van der Waals surface area contributed by atoms with Crippen LogP contribution in [0, 0.1) is 0 Å². The Kier molecular flexibility index (Phi) is 85.6. The van der Waals surface area contributed by atoms with Crippen molar-refractivity contribution < 1.29 is 38.8 Å². The maximum Gasteiger partial charge on any atom is 0.223 e. The van der Waals surface area contributed by atoms with Crippen LogP contribution in [0.3, 0.4) is 0 Å². The van der Waals surface area contributed by atoms with Gasteiger partial charge in [-0.3, -0.25) is 29.2 Å². The molecule has 0 unspecified atom stereocenters. The van der Waals surface area contributed by atoms with E-state index < -0.39 is 0 Å². The van der Waals surface area contributed by atoms with E-state index in [1.54, 1.807) is 20.1 Å².